The van der Waals surface area contributed by atoms with E-state index in [9.17, 15) is 9.59 Å². The van der Waals surface area contributed by atoms with Gasteiger partial charge in [-0.15, -0.1) is 0 Å². The van der Waals surface area contributed by atoms with E-state index in [1.165, 1.54) is 10.9 Å². The van der Waals surface area contributed by atoms with Crippen molar-refractivity contribution >= 4 is 11.2 Å². The Bertz CT molecular complexity index is 577. The van der Waals surface area contributed by atoms with Crippen LogP contribution in [0.15, 0.2) is 15.9 Å². The van der Waals surface area contributed by atoms with E-state index in [4.69, 9.17) is 0 Å². The normalized spacial score (nSPS) is 10.1. The molecule has 2 aromatic heterocycles. The summed E-state index contributed by atoms with van der Waals surface area (Å²) in [6, 6.07) is 0. The number of fused-ring (bicyclic) bond motifs is 1. The van der Waals surface area contributed by atoms with Gasteiger partial charge in [0.05, 0.1) is 6.33 Å². The molecule has 2 aromatic rings. The van der Waals surface area contributed by atoms with Crippen LogP contribution in [-0.4, -0.2) is 24.6 Å². The van der Waals surface area contributed by atoms with Gasteiger partial charge in [0.1, 0.15) is 0 Å². The highest BCUT2D eigenvalue weighted by Gasteiger charge is 2.08. The van der Waals surface area contributed by atoms with Gasteiger partial charge in [0, 0.05) is 14.1 Å². The third kappa shape index (κ3) is 1.14. The predicted molar refractivity (Wildman–Crippen MR) is 50.2 cm³/mol. The third-order valence-corrected chi connectivity index (χ3v) is 1.98. The van der Waals surface area contributed by atoms with E-state index in [1.807, 2.05) is 0 Å². The van der Waals surface area contributed by atoms with Crippen LogP contribution < -0.4 is 11.2 Å². The van der Waals surface area contributed by atoms with Crippen LogP contribution in [0, 0.1) is 0 Å². The number of hydrogen-bond acceptors (Lipinski definition) is 3. The van der Waals surface area contributed by atoms with E-state index < -0.39 is 11.2 Å². The largest absolute Gasteiger partial charge is 0.412 e. The molecular weight excluding hydrogens is 188 g/mol. The standard InChI is InChI=1S/C7H8N4O2.H2O/c1-10-3-8-5-4(10)6(12)9-7(13)11(5)2;/h3H,1-2H3,(H,9,12,13);1H2. The number of aryl methyl sites for hydroxylation is 2. The fourth-order valence-corrected chi connectivity index (χ4v) is 1.26. The quantitative estimate of drug-likeness (QED) is 0.536. The highest BCUT2D eigenvalue weighted by Crippen LogP contribution is 2.00. The van der Waals surface area contributed by atoms with Gasteiger partial charge in [0.2, 0.25) is 0 Å². The van der Waals surface area contributed by atoms with Crippen molar-refractivity contribution in [3.05, 3.63) is 27.2 Å². The van der Waals surface area contributed by atoms with Crippen LogP contribution in [0.4, 0.5) is 0 Å². The monoisotopic (exact) mass is 198 g/mol. The van der Waals surface area contributed by atoms with Crippen LogP contribution in [-0.2, 0) is 14.1 Å². The van der Waals surface area contributed by atoms with E-state index in [-0.39, 0.29) is 5.48 Å². The van der Waals surface area contributed by atoms with Crippen LogP contribution in [0.5, 0.6) is 0 Å². The Morgan fingerprint density at radius 2 is 2.00 bits per heavy atom. The zero-order valence-corrected chi connectivity index (χ0v) is 7.74. The number of nitrogens with one attached hydrogen (secondary N) is 1. The zero-order valence-electron chi connectivity index (χ0n) is 7.74. The van der Waals surface area contributed by atoms with Crippen molar-refractivity contribution in [2.24, 2.45) is 14.1 Å². The first kappa shape index (κ1) is 10.2. The predicted octanol–water partition coefficient (Wildman–Crippen LogP) is -1.86. The molecule has 14 heavy (non-hydrogen) atoms. The Labute approximate surface area is 77.9 Å². The summed E-state index contributed by atoms with van der Waals surface area (Å²) in [5.41, 5.74) is -0.0485. The maximum absolute atomic E-state index is 11.3. The molecule has 0 amide bonds. The molecule has 2 heterocycles. The van der Waals surface area contributed by atoms with Gasteiger partial charge >= 0.3 is 5.69 Å². The molecule has 76 valence electrons. The minimum absolute atomic E-state index is 0. The van der Waals surface area contributed by atoms with Gasteiger partial charge in [0.25, 0.3) is 5.56 Å². The molecule has 3 N–H and O–H groups in total. The molecule has 0 aliphatic heterocycles. The van der Waals surface area contributed by atoms with Crippen molar-refractivity contribution in [1.82, 2.24) is 19.1 Å². The van der Waals surface area contributed by atoms with Crippen LogP contribution in [0.3, 0.4) is 0 Å². The number of H-pyrrole nitrogens is 1. The molecule has 0 fully saturated rings. The summed E-state index contributed by atoms with van der Waals surface area (Å²) in [5, 5.41) is 0. The number of aromatic nitrogens is 4. The van der Waals surface area contributed by atoms with Crippen molar-refractivity contribution in [3.63, 3.8) is 0 Å². The van der Waals surface area contributed by atoms with Gasteiger partial charge < -0.3 is 10.0 Å². The van der Waals surface area contributed by atoms with E-state index >= 15 is 0 Å². The first-order chi connectivity index (χ1) is 6.11. The smallest absolute Gasteiger partial charge is 0.329 e. The second kappa shape index (κ2) is 3.11. The van der Waals surface area contributed by atoms with Gasteiger partial charge in [-0.05, 0) is 0 Å². The molecule has 0 saturated carbocycles. The molecule has 0 aliphatic rings. The average Bonchev–Trinajstić information content (AvgIpc) is 2.44. The second-order valence-corrected chi connectivity index (χ2v) is 2.85. The van der Waals surface area contributed by atoms with Crippen molar-refractivity contribution in [2.75, 3.05) is 0 Å². The summed E-state index contributed by atoms with van der Waals surface area (Å²) in [7, 11) is 3.27. The van der Waals surface area contributed by atoms with Gasteiger partial charge in [-0.3, -0.25) is 14.3 Å². The molecular formula is C7H10N4O3. The van der Waals surface area contributed by atoms with E-state index in [0.717, 1.165) is 0 Å². The molecule has 2 rings (SSSR count). The number of aromatic amines is 1. The van der Waals surface area contributed by atoms with Crippen LogP contribution in [0.25, 0.3) is 11.2 Å². The summed E-state index contributed by atoms with van der Waals surface area (Å²) < 4.78 is 2.88. The Hall–Kier alpha value is -1.89. The summed E-state index contributed by atoms with van der Waals surface area (Å²) in [4.78, 5) is 28.6. The van der Waals surface area contributed by atoms with E-state index in [1.54, 1.807) is 18.7 Å². The highest BCUT2D eigenvalue weighted by atomic mass is 16.2. The van der Waals surface area contributed by atoms with Crippen molar-refractivity contribution in [2.45, 2.75) is 0 Å². The summed E-state index contributed by atoms with van der Waals surface area (Å²) >= 11 is 0. The second-order valence-electron chi connectivity index (χ2n) is 2.85. The highest BCUT2D eigenvalue weighted by molar-refractivity contribution is 5.69. The van der Waals surface area contributed by atoms with Gasteiger partial charge in [-0.2, -0.15) is 0 Å². The molecule has 0 spiro atoms. The Balaban J connectivity index is 0.000000980. The lowest BCUT2D eigenvalue weighted by Crippen LogP contribution is -2.28. The van der Waals surface area contributed by atoms with Gasteiger partial charge in [0.15, 0.2) is 11.2 Å². The van der Waals surface area contributed by atoms with Crippen molar-refractivity contribution in [1.29, 1.82) is 0 Å². The summed E-state index contributed by atoms with van der Waals surface area (Å²) in [6.45, 7) is 0. The maximum Gasteiger partial charge on any atom is 0.329 e. The first-order valence-electron chi connectivity index (χ1n) is 3.71. The molecule has 0 aliphatic carbocycles. The topological polar surface area (TPSA) is 104 Å². The SMILES string of the molecule is Cn1cnc2c1c(=O)[nH]c(=O)n2C.O. The minimum Gasteiger partial charge on any atom is -0.412 e. The van der Waals surface area contributed by atoms with E-state index in [0.29, 0.717) is 11.2 Å². The van der Waals surface area contributed by atoms with Crippen molar-refractivity contribution < 1.29 is 5.48 Å². The van der Waals surface area contributed by atoms with Crippen molar-refractivity contribution in [3.8, 4) is 0 Å². The molecule has 0 saturated heterocycles. The Kier molecular flexibility index (Phi) is 2.26. The zero-order chi connectivity index (χ0) is 9.59. The number of rotatable bonds is 0. The fraction of sp³-hybridized carbons (Fsp3) is 0.286. The van der Waals surface area contributed by atoms with Gasteiger partial charge in [-0.25, -0.2) is 9.78 Å². The number of hydrogen-bond donors (Lipinski definition) is 1. The number of nitrogens with zero attached hydrogens (tertiary/aromatic N) is 3. The lowest BCUT2D eigenvalue weighted by atomic mass is 10.5. The fourth-order valence-electron chi connectivity index (χ4n) is 1.26. The first-order valence-corrected chi connectivity index (χ1v) is 3.71. The Morgan fingerprint density at radius 3 is 2.64 bits per heavy atom. The van der Waals surface area contributed by atoms with Crippen LogP contribution >= 0.6 is 0 Å². The molecule has 0 atom stereocenters. The lowest BCUT2D eigenvalue weighted by Gasteiger charge is -1.97. The molecule has 0 aromatic carbocycles. The van der Waals surface area contributed by atoms with Crippen LogP contribution in [0.1, 0.15) is 0 Å². The summed E-state index contributed by atoms with van der Waals surface area (Å²) in [5.74, 6) is 0. The molecule has 0 radical (unpaired) electrons. The lowest BCUT2D eigenvalue weighted by molar-refractivity contribution is 0.824. The van der Waals surface area contributed by atoms with Gasteiger partial charge in [-0.1, -0.05) is 0 Å². The molecule has 7 heteroatoms. The van der Waals surface area contributed by atoms with Crippen LogP contribution in [0.2, 0.25) is 0 Å². The molecule has 7 nitrogen and oxygen atoms in total. The average molecular weight is 198 g/mol. The summed E-state index contributed by atoms with van der Waals surface area (Å²) in [6.07, 6.45) is 1.50. The molecule has 0 bridgehead atoms. The Morgan fingerprint density at radius 1 is 1.36 bits per heavy atom. The third-order valence-electron chi connectivity index (χ3n) is 1.98. The minimum atomic E-state index is -0.448. The van der Waals surface area contributed by atoms with E-state index in [2.05, 4.69) is 9.97 Å². The molecule has 0 unspecified atom stereocenters. The number of imidazole rings is 1. The maximum atomic E-state index is 11.3.